The molecular formula is C34H27Br2ClN4O6. The molecule has 5 aromatic rings. The number of aromatic amines is 1. The number of rotatable bonds is 9. The summed E-state index contributed by atoms with van der Waals surface area (Å²) in [6.45, 7) is 1.26. The molecule has 0 aliphatic carbocycles. The van der Waals surface area contributed by atoms with Gasteiger partial charge in [0.2, 0.25) is 0 Å². The number of H-pyrrole nitrogens is 1. The van der Waals surface area contributed by atoms with Crippen molar-refractivity contribution in [2.45, 2.75) is 6.92 Å². The van der Waals surface area contributed by atoms with Crippen molar-refractivity contribution in [3.63, 3.8) is 0 Å². The van der Waals surface area contributed by atoms with Crippen LogP contribution in [0.1, 0.15) is 33.3 Å². The number of nitrogens with one attached hydrogen (secondary N) is 2. The summed E-state index contributed by atoms with van der Waals surface area (Å²) < 4.78 is 17.2. The lowest BCUT2D eigenvalue weighted by Gasteiger charge is -2.13. The number of carbonyl (C=O) groups excluding carboxylic acids is 3. The first-order valence-corrected chi connectivity index (χ1v) is 15.9. The minimum atomic E-state index is -0.709. The Morgan fingerprint density at radius 2 is 1.72 bits per heavy atom. The Morgan fingerprint density at radius 1 is 0.957 bits per heavy atom. The van der Waals surface area contributed by atoms with Crippen molar-refractivity contribution < 1.29 is 28.6 Å². The van der Waals surface area contributed by atoms with Gasteiger partial charge in [0, 0.05) is 63.8 Å². The summed E-state index contributed by atoms with van der Waals surface area (Å²) in [5.74, 6) is -1.25. The van der Waals surface area contributed by atoms with Gasteiger partial charge in [0.05, 0.1) is 23.4 Å². The molecule has 0 atom stereocenters. The van der Waals surface area contributed by atoms with Gasteiger partial charge in [-0.25, -0.2) is 10.2 Å². The highest BCUT2D eigenvalue weighted by molar-refractivity contribution is 9.11. The van der Waals surface area contributed by atoms with Crippen molar-refractivity contribution in [2.75, 3.05) is 26.1 Å². The maximum Gasteiger partial charge on any atom is 0.343 e. The molecular weight excluding hydrogens is 756 g/mol. The van der Waals surface area contributed by atoms with E-state index < -0.39 is 17.8 Å². The van der Waals surface area contributed by atoms with Crippen molar-refractivity contribution in [2.24, 2.45) is 5.10 Å². The zero-order valence-electron chi connectivity index (χ0n) is 25.5. The standard InChI is InChI=1S/C34H27Br2ClN4O6/c1-18(42)46-28-12-9-19(14-29(28)45-4)34(44)47-32-20(13-21(35)15-25(32)36)17-38-40-33(43)31-30(23-7-5-6-8-26(23)37)24-16-22(41(2)3)10-11-27(24)39-31/h5-17,39H,1-4H3,(H,40,43). The van der Waals surface area contributed by atoms with E-state index in [1.165, 1.54) is 38.4 Å². The molecule has 0 saturated carbocycles. The Labute approximate surface area is 291 Å². The van der Waals surface area contributed by atoms with E-state index in [0.29, 0.717) is 30.7 Å². The minimum absolute atomic E-state index is 0.145. The third-order valence-electron chi connectivity index (χ3n) is 6.92. The van der Waals surface area contributed by atoms with Gasteiger partial charge in [0.1, 0.15) is 5.69 Å². The van der Waals surface area contributed by atoms with Crippen LogP contribution in [-0.4, -0.2) is 50.2 Å². The number of benzene rings is 4. The Bertz CT molecular complexity index is 2060. The number of hydrazone groups is 1. The third-order valence-corrected chi connectivity index (χ3v) is 8.30. The zero-order chi connectivity index (χ0) is 33.8. The van der Waals surface area contributed by atoms with Crippen LogP contribution in [0.2, 0.25) is 5.02 Å². The van der Waals surface area contributed by atoms with Crippen molar-refractivity contribution in [1.82, 2.24) is 10.4 Å². The van der Waals surface area contributed by atoms with Gasteiger partial charge in [-0.05, 0) is 70.5 Å². The lowest BCUT2D eigenvalue weighted by molar-refractivity contribution is -0.132. The lowest BCUT2D eigenvalue weighted by atomic mass is 10.0. The minimum Gasteiger partial charge on any atom is -0.493 e. The van der Waals surface area contributed by atoms with Gasteiger partial charge in [0.25, 0.3) is 5.91 Å². The predicted molar refractivity (Wildman–Crippen MR) is 189 cm³/mol. The first-order chi connectivity index (χ1) is 22.5. The van der Waals surface area contributed by atoms with E-state index in [9.17, 15) is 14.4 Å². The highest BCUT2D eigenvalue weighted by Crippen LogP contribution is 2.38. The summed E-state index contributed by atoms with van der Waals surface area (Å²) in [6, 6.07) is 20.8. The summed E-state index contributed by atoms with van der Waals surface area (Å²) in [6.07, 6.45) is 1.36. The number of amides is 1. The number of ether oxygens (including phenoxy) is 3. The summed E-state index contributed by atoms with van der Waals surface area (Å²) in [5.41, 5.74) is 6.41. The van der Waals surface area contributed by atoms with Crippen LogP contribution < -0.4 is 24.5 Å². The third kappa shape index (κ3) is 7.51. The molecule has 0 unspecified atom stereocenters. The summed E-state index contributed by atoms with van der Waals surface area (Å²) in [4.78, 5) is 43.4. The van der Waals surface area contributed by atoms with Crippen molar-refractivity contribution >= 4 is 84.1 Å². The maximum atomic E-state index is 13.6. The smallest absolute Gasteiger partial charge is 0.343 e. The van der Waals surface area contributed by atoms with Crippen LogP contribution in [0.4, 0.5) is 5.69 Å². The SMILES string of the molecule is COc1cc(C(=O)Oc2c(Br)cc(Br)cc2C=NNC(=O)c2[nH]c3ccc(N(C)C)cc3c2-c2ccccc2Cl)ccc1OC(C)=O. The van der Waals surface area contributed by atoms with E-state index in [-0.39, 0.29) is 28.5 Å². The van der Waals surface area contributed by atoms with Gasteiger partial charge in [0.15, 0.2) is 17.2 Å². The number of methoxy groups -OCH3 is 1. The van der Waals surface area contributed by atoms with Crippen molar-refractivity contribution in [1.29, 1.82) is 0 Å². The molecule has 0 aliphatic heterocycles. The molecule has 0 radical (unpaired) electrons. The van der Waals surface area contributed by atoms with Crippen molar-refractivity contribution in [3.05, 3.63) is 104 Å². The molecule has 0 aliphatic rings. The fourth-order valence-electron chi connectivity index (χ4n) is 4.76. The second-order valence-corrected chi connectivity index (χ2v) is 12.5. The Morgan fingerprint density at radius 3 is 2.43 bits per heavy atom. The van der Waals surface area contributed by atoms with E-state index >= 15 is 0 Å². The fourth-order valence-corrected chi connectivity index (χ4v) is 6.33. The fraction of sp³-hybridized carbons (Fsp3) is 0.118. The molecule has 2 N–H and O–H groups in total. The first-order valence-electron chi connectivity index (χ1n) is 14.0. The van der Waals surface area contributed by atoms with Gasteiger partial charge in [-0.15, -0.1) is 0 Å². The molecule has 4 aromatic carbocycles. The molecule has 0 fully saturated rings. The molecule has 0 bridgehead atoms. The van der Waals surface area contributed by atoms with E-state index in [1.54, 1.807) is 18.2 Å². The van der Waals surface area contributed by atoms with Crippen LogP contribution in [0.25, 0.3) is 22.0 Å². The molecule has 0 spiro atoms. The number of fused-ring (bicyclic) bond motifs is 1. The van der Waals surface area contributed by atoms with Crippen LogP contribution in [0.5, 0.6) is 17.2 Å². The van der Waals surface area contributed by atoms with Gasteiger partial charge in [-0.1, -0.05) is 45.7 Å². The number of aromatic nitrogens is 1. The monoisotopic (exact) mass is 780 g/mol. The topological polar surface area (TPSA) is 122 Å². The average molecular weight is 783 g/mol. The lowest BCUT2D eigenvalue weighted by Crippen LogP contribution is -2.19. The van der Waals surface area contributed by atoms with Crippen LogP contribution >= 0.6 is 43.5 Å². The largest absolute Gasteiger partial charge is 0.493 e. The molecule has 10 nitrogen and oxygen atoms in total. The first kappa shape index (κ1) is 33.7. The highest BCUT2D eigenvalue weighted by Gasteiger charge is 2.22. The van der Waals surface area contributed by atoms with E-state index in [1.807, 2.05) is 55.4 Å². The van der Waals surface area contributed by atoms with Gasteiger partial charge >= 0.3 is 11.9 Å². The quantitative estimate of drug-likeness (QED) is 0.0673. The predicted octanol–water partition coefficient (Wildman–Crippen LogP) is 8.00. The van der Waals surface area contributed by atoms with Crippen molar-refractivity contribution in [3.8, 4) is 28.4 Å². The number of nitrogens with zero attached hydrogens (tertiary/aromatic N) is 2. The molecule has 13 heteroatoms. The van der Waals surface area contributed by atoms with Gasteiger partial charge in [-0.2, -0.15) is 5.10 Å². The molecule has 1 aromatic heterocycles. The Kier molecular flexibility index (Phi) is 10.3. The molecule has 1 amide bonds. The number of halogens is 3. The Hall–Kier alpha value is -4.65. The van der Waals surface area contributed by atoms with E-state index in [4.69, 9.17) is 25.8 Å². The summed E-state index contributed by atoms with van der Waals surface area (Å²) in [7, 11) is 5.27. The number of anilines is 1. The second kappa shape index (κ2) is 14.4. The van der Waals surface area contributed by atoms with Crippen LogP contribution in [0.15, 0.2) is 86.8 Å². The Balaban J connectivity index is 1.44. The maximum absolute atomic E-state index is 13.6. The molecule has 1 heterocycles. The van der Waals surface area contributed by atoms with Gasteiger partial charge < -0.3 is 24.1 Å². The number of hydrogen-bond donors (Lipinski definition) is 2. The number of hydrogen-bond acceptors (Lipinski definition) is 8. The zero-order valence-corrected chi connectivity index (χ0v) is 29.4. The van der Waals surface area contributed by atoms with Crippen LogP contribution in [0.3, 0.4) is 0 Å². The normalized spacial score (nSPS) is 11.0. The van der Waals surface area contributed by atoms with E-state index in [0.717, 1.165) is 16.6 Å². The molecule has 0 saturated heterocycles. The summed E-state index contributed by atoms with van der Waals surface area (Å²) >= 11 is 13.5. The molecule has 47 heavy (non-hydrogen) atoms. The van der Waals surface area contributed by atoms with Crippen LogP contribution in [0, 0.1) is 0 Å². The number of carbonyl (C=O) groups is 3. The molecule has 240 valence electrons. The van der Waals surface area contributed by atoms with Gasteiger partial charge in [-0.3, -0.25) is 9.59 Å². The number of esters is 2. The second-order valence-electron chi connectivity index (χ2n) is 10.3. The molecule has 5 rings (SSSR count). The summed E-state index contributed by atoms with van der Waals surface area (Å²) in [5, 5.41) is 5.50. The van der Waals surface area contributed by atoms with E-state index in [2.05, 4.69) is 47.4 Å². The highest BCUT2D eigenvalue weighted by atomic mass is 79.9. The van der Waals surface area contributed by atoms with Crippen LogP contribution in [-0.2, 0) is 4.79 Å². The average Bonchev–Trinajstić information content (AvgIpc) is 3.41.